The molecule has 1 aliphatic rings. The van der Waals surface area contributed by atoms with Gasteiger partial charge in [0.1, 0.15) is 0 Å². The molecule has 0 spiro atoms. The van der Waals surface area contributed by atoms with Crippen LogP contribution in [0.1, 0.15) is 25.5 Å². The molecule has 0 bridgehead atoms. The zero-order chi connectivity index (χ0) is 21.4. The van der Waals surface area contributed by atoms with Gasteiger partial charge in [0.2, 0.25) is 11.7 Å². The van der Waals surface area contributed by atoms with Gasteiger partial charge < -0.3 is 24.6 Å². The minimum absolute atomic E-state index is 0.105. The molecule has 0 saturated carbocycles. The van der Waals surface area contributed by atoms with Gasteiger partial charge in [-0.25, -0.2) is 9.78 Å². The second kappa shape index (κ2) is 7.62. The average molecular weight is 409 g/mol. The first-order valence-corrected chi connectivity index (χ1v) is 9.56. The molecule has 2 aromatic carbocycles. The predicted octanol–water partition coefficient (Wildman–Crippen LogP) is 3.61. The first kappa shape index (κ1) is 19.6. The number of ether oxygens (including phenoxy) is 3. The van der Waals surface area contributed by atoms with Crippen LogP contribution in [0.25, 0.3) is 11.0 Å². The number of aromatic nitrogens is 2. The van der Waals surface area contributed by atoms with Gasteiger partial charge in [-0.2, -0.15) is 0 Å². The first-order valence-electron chi connectivity index (χ1n) is 9.56. The van der Waals surface area contributed by atoms with Crippen molar-refractivity contribution in [3.63, 3.8) is 0 Å². The number of phenolic OH excluding ortho intramolecular Hbond substituents is 1. The second-order valence-electron chi connectivity index (χ2n) is 6.85. The maximum atomic E-state index is 13.0. The fourth-order valence-corrected chi connectivity index (χ4v) is 3.82. The summed E-state index contributed by atoms with van der Waals surface area (Å²) in [6.45, 7) is 3.84. The smallest absolute Gasteiger partial charge is 0.338 e. The van der Waals surface area contributed by atoms with Gasteiger partial charge in [0, 0.05) is 5.70 Å². The topological polar surface area (TPSA) is 94.8 Å². The molecule has 2 N–H and O–H groups in total. The number of rotatable bonds is 5. The Morgan fingerprint density at radius 2 is 1.87 bits per heavy atom. The number of allylic oxidation sites excluding steroid dienone is 1. The molecule has 30 heavy (non-hydrogen) atoms. The molecule has 1 atom stereocenters. The Morgan fingerprint density at radius 1 is 1.20 bits per heavy atom. The molecule has 0 radical (unpaired) electrons. The highest BCUT2D eigenvalue weighted by atomic mass is 16.5. The molecular formula is C22H23N3O5. The number of nitrogens with one attached hydrogen (secondary N) is 1. The Kier molecular flexibility index (Phi) is 4.99. The minimum Gasteiger partial charge on any atom is -0.502 e. The van der Waals surface area contributed by atoms with Crippen molar-refractivity contribution in [2.24, 2.45) is 0 Å². The van der Waals surface area contributed by atoms with Crippen molar-refractivity contribution in [1.29, 1.82) is 0 Å². The van der Waals surface area contributed by atoms with Gasteiger partial charge in [0.05, 0.1) is 43.5 Å². The van der Waals surface area contributed by atoms with Crippen LogP contribution in [0.3, 0.4) is 0 Å². The van der Waals surface area contributed by atoms with Crippen LogP contribution in [-0.2, 0) is 9.53 Å². The lowest BCUT2D eigenvalue weighted by Gasteiger charge is -2.30. The number of anilines is 1. The summed E-state index contributed by atoms with van der Waals surface area (Å²) >= 11 is 0. The van der Waals surface area contributed by atoms with E-state index < -0.39 is 12.0 Å². The standard InChI is InChI=1S/C22H23N3O5/c1-5-30-21(27)18-12(2)23-22-24-14-8-6-7-9-15(14)25(22)19(18)13-10-16(28-3)20(26)17(11-13)29-4/h6-11,19,26H,5H2,1-4H3,(H,23,24). The molecule has 1 unspecified atom stereocenters. The number of para-hydroxylation sites is 2. The van der Waals surface area contributed by atoms with Crippen molar-refractivity contribution < 1.29 is 24.1 Å². The van der Waals surface area contributed by atoms with Crippen LogP contribution in [0.5, 0.6) is 17.2 Å². The van der Waals surface area contributed by atoms with E-state index in [1.807, 2.05) is 35.8 Å². The number of esters is 1. The lowest BCUT2D eigenvalue weighted by atomic mass is 9.94. The molecule has 3 aromatic rings. The van der Waals surface area contributed by atoms with Crippen LogP contribution in [0.4, 0.5) is 5.95 Å². The number of aromatic hydroxyl groups is 1. The van der Waals surface area contributed by atoms with Gasteiger partial charge in [0.15, 0.2) is 11.5 Å². The monoisotopic (exact) mass is 409 g/mol. The minimum atomic E-state index is -0.559. The summed E-state index contributed by atoms with van der Waals surface area (Å²) in [5.41, 5.74) is 3.43. The summed E-state index contributed by atoms with van der Waals surface area (Å²) in [5.74, 6) is 0.566. The molecule has 0 fully saturated rings. The van der Waals surface area contributed by atoms with E-state index in [4.69, 9.17) is 14.2 Å². The lowest BCUT2D eigenvalue weighted by Crippen LogP contribution is -2.29. The van der Waals surface area contributed by atoms with Crippen LogP contribution < -0.4 is 14.8 Å². The molecule has 8 heteroatoms. The molecule has 1 aliphatic heterocycles. The second-order valence-corrected chi connectivity index (χ2v) is 6.85. The molecule has 156 valence electrons. The van der Waals surface area contributed by atoms with Crippen LogP contribution in [0.2, 0.25) is 0 Å². The number of carbonyl (C=O) groups is 1. The number of carbonyl (C=O) groups excluding carboxylic acids is 1. The van der Waals surface area contributed by atoms with Crippen LogP contribution in [0.15, 0.2) is 47.7 Å². The highest BCUT2D eigenvalue weighted by molar-refractivity contribution is 5.94. The van der Waals surface area contributed by atoms with Gasteiger partial charge in [-0.05, 0) is 43.7 Å². The van der Waals surface area contributed by atoms with Crippen LogP contribution in [0, 0.1) is 0 Å². The Labute approximate surface area is 173 Å². The summed E-state index contributed by atoms with van der Waals surface area (Å²) in [4.78, 5) is 17.6. The van der Waals surface area contributed by atoms with E-state index in [0.717, 1.165) is 11.0 Å². The Balaban J connectivity index is 2.02. The van der Waals surface area contributed by atoms with Crippen molar-refractivity contribution in [2.75, 3.05) is 26.1 Å². The zero-order valence-electron chi connectivity index (χ0n) is 17.2. The number of imidazole rings is 1. The first-order chi connectivity index (χ1) is 14.5. The summed E-state index contributed by atoms with van der Waals surface area (Å²) in [6, 6.07) is 10.5. The summed E-state index contributed by atoms with van der Waals surface area (Å²) in [5, 5.41) is 13.6. The Hall–Kier alpha value is -3.68. The number of hydrogen-bond acceptors (Lipinski definition) is 7. The maximum Gasteiger partial charge on any atom is 0.338 e. The molecule has 2 heterocycles. The Morgan fingerprint density at radius 3 is 2.50 bits per heavy atom. The average Bonchev–Trinajstić information content (AvgIpc) is 3.10. The summed E-state index contributed by atoms with van der Waals surface area (Å²) < 4.78 is 18.0. The normalized spacial score (nSPS) is 15.5. The predicted molar refractivity (Wildman–Crippen MR) is 112 cm³/mol. The van der Waals surface area contributed by atoms with Gasteiger partial charge in [-0.3, -0.25) is 4.57 Å². The molecule has 0 aliphatic carbocycles. The summed E-state index contributed by atoms with van der Waals surface area (Å²) in [6.07, 6.45) is 0. The summed E-state index contributed by atoms with van der Waals surface area (Å²) in [7, 11) is 2.93. The fraction of sp³-hybridized carbons (Fsp3) is 0.273. The van der Waals surface area contributed by atoms with Crippen molar-refractivity contribution in [3.8, 4) is 17.2 Å². The van der Waals surface area contributed by atoms with Gasteiger partial charge >= 0.3 is 5.97 Å². The zero-order valence-corrected chi connectivity index (χ0v) is 17.2. The van der Waals surface area contributed by atoms with E-state index in [2.05, 4.69) is 10.3 Å². The van der Waals surface area contributed by atoms with Gasteiger partial charge in [-0.1, -0.05) is 12.1 Å². The van der Waals surface area contributed by atoms with Crippen molar-refractivity contribution in [2.45, 2.75) is 19.9 Å². The third kappa shape index (κ3) is 3.01. The molecular weight excluding hydrogens is 386 g/mol. The van der Waals surface area contributed by atoms with E-state index >= 15 is 0 Å². The van der Waals surface area contributed by atoms with E-state index in [1.54, 1.807) is 19.1 Å². The van der Waals surface area contributed by atoms with Crippen LogP contribution in [-0.4, -0.2) is 41.5 Å². The number of nitrogens with zero attached hydrogens (tertiary/aromatic N) is 2. The Bertz CT molecular complexity index is 1140. The largest absolute Gasteiger partial charge is 0.502 e. The quantitative estimate of drug-likeness (QED) is 0.622. The van der Waals surface area contributed by atoms with E-state index in [0.29, 0.717) is 22.8 Å². The molecule has 1 aromatic heterocycles. The number of methoxy groups -OCH3 is 2. The van der Waals surface area contributed by atoms with Gasteiger partial charge in [0.25, 0.3) is 0 Å². The molecule has 4 rings (SSSR count). The number of phenols is 1. The maximum absolute atomic E-state index is 13.0. The number of fused-ring (bicyclic) bond motifs is 3. The van der Waals surface area contributed by atoms with Crippen molar-refractivity contribution in [1.82, 2.24) is 9.55 Å². The number of benzene rings is 2. The van der Waals surface area contributed by atoms with Gasteiger partial charge in [-0.15, -0.1) is 0 Å². The van der Waals surface area contributed by atoms with E-state index in [1.165, 1.54) is 14.2 Å². The van der Waals surface area contributed by atoms with E-state index in [-0.39, 0.29) is 23.9 Å². The van der Waals surface area contributed by atoms with Crippen molar-refractivity contribution in [3.05, 3.63) is 53.2 Å². The van der Waals surface area contributed by atoms with Crippen LogP contribution >= 0.6 is 0 Å². The SMILES string of the molecule is CCOC(=O)C1=C(C)Nc2nc3ccccc3n2C1c1cc(OC)c(O)c(OC)c1. The number of hydrogen-bond donors (Lipinski definition) is 2. The van der Waals surface area contributed by atoms with E-state index in [9.17, 15) is 9.90 Å². The third-order valence-corrected chi connectivity index (χ3v) is 5.14. The molecule has 0 amide bonds. The molecule has 8 nitrogen and oxygen atoms in total. The highest BCUT2D eigenvalue weighted by Crippen LogP contribution is 2.45. The molecule has 0 saturated heterocycles. The van der Waals surface area contributed by atoms with Crippen molar-refractivity contribution >= 4 is 23.0 Å². The highest BCUT2D eigenvalue weighted by Gasteiger charge is 2.35. The lowest BCUT2D eigenvalue weighted by molar-refractivity contribution is -0.139. The fourth-order valence-electron chi connectivity index (χ4n) is 3.82. The third-order valence-electron chi connectivity index (χ3n) is 5.14.